The summed E-state index contributed by atoms with van der Waals surface area (Å²) in [6.45, 7) is 8.77. The van der Waals surface area contributed by atoms with E-state index in [0.717, 1.165) is 0 Å². The van der Waals surface area contributed by atoms with E-state index in [1.54, 1.807) is 0 Å². The second kappa shape index (κ2) is 3.70. The topological polar surface area (TPSA) is 12.9 Å². The molecule has 0 bridgehead atoms. The zero-order chi connectivity index (χ0) is 9.14. The predicted molar refractivity (Wildman–Crippen MR) is 51.3 cm³/mol. The van der Waals surface area contributed by atoms with Crippen LogP contribution in [0.5, 0.6) is 0 Å². The van der Waals surface area contributed by atoms with Crippen molar-refractivity contribution in [1.82, 2.24) is 4.98 Å². The lowest BCUT2D eigenvalue weighted by molar-refractivity contribution is 0.780. The normalized spacial score (nSPS) is 11.2. The van der Waals surface area contributed by atoms with Gasteiger partial charge in [0.1, 0.15) is 0 Å². The molecule has 1 heteroatoms. The van der Waals surface area contributed by atoms with Crippen LogP contribution in [0.2, 0.25) is 0 Å². The summed E-state index contributed by atoms with van der Waals surface area (Å²) in [6.07, 6.45) is 4.89. The van der Waals surface area contributed by atoms with Crippen LogP contribution >= 0.6 is 0 Å². The number of hydrogen-bond donors (Lipinski definition) is 0. The van der Waals surface area contributed by atoms with E-state index in [0.29, 0.717) is 11.8 Å². The zero-order valence-electron chi connectivity index (χ0n) is 8.26. The molecule has 0 aliphatic heterocycles. The molecule has 1 heterocycles. The van der Waals surface area contributed by atoms with Crippen LogP contribution in [0.25, 0.3) is 0 Å². The first kappa shape index (κ1) is 9.24. The molecule has 0 spiro atoms. The molecular weight excluding hydrogens is 146 g/mol. The number of pyridine rings is 1. The second-order valence-electron chi connectivity index (χ2n) is 3.74. The highest BCUT2D eigenvalue weighted by Gasteiger charge is 2.08. The monoisotopic (exact) mass is 162 g/mol. The van der Waals surface area contributed by atoms with Gasteiger partial charge in [0.25, 0.3) is 0 Å². The number of nitrogens with zero attached hydrogens (tertiary/aromatic N) is 1. The Morgan fingerprint density at radius 2 is 1.83 bits per heavy atom. The smallest absolute Gasteiger partial charge is 0.0926 e. The van der Waals surface area contributed by atoms with Crippen LogP contribution in [0.1, 0.15) is 50.7 Å². The second-order valence-corrected chi connectivity index (χ2v) is 3.74. The van der Waals surface area contributed by atoms with Gasteiger partial charge in [-0.05, 0) is 29.0 Å². The lowest BCUT2D eigenvalue weighted by Gasteiger charge is -2.13. The van der Waals surface area contributed by atoms with Crippen LogP contribution in [-0.4, -0.2) is 4.98 Å². The average Bonchev–Trinajstić information content (AvgIpc) is 2.04. The van der Waals surface area contributed by atoms with Crippen molar-refractivity contribution in [2.24, 2.45) is 0 Å². The van der Waals surface area contributed by atoms with Crippen molar-refractivity contribution < 1.29 is 0 Å². The van der Waals surface area contributed by atoms with Crippen molar-refractivity contribution in [3.05, 3.63) is 29.6 Å². The van der Waals surface area contributed by atoms with Crippen molar-refractivity contribution in [2.75, 3.05) is 0 Å². The van der Waals surface area contributed by atoms with Crippen molar-refractivity contribution >= 4 is 0 Å². The molecule has 1 nitrogen and oxygen atoms in total. The summed E-state index contributed by atoms with van der Waals surface area (Å²) < 4.78 is 0. The Bertz CT molecular complexity index is 224. The molecule has 0 atom stereocenters. The predicted octanol–water partition coefficient (Wildman–Crippen LogP) is 3.13. The first-order chi connectivity index (χ1) is 5.63. The largest absolute Gasteiger partial charge is 0.254 e. The van der Waals surface area contributed by atoms with Crippen LogP contribution in [-0.2, 0) is 0 Å². The third-order valence-corrected chi connectivity index (χ3v) is 2.02. The van der Waals surface area contributed by atoms with Gasteiger partial charge in [-0.25, -0.2) is 0 Å². The molecule has 0 aliphatic carbocycles. The SMILES string of the molecule is CC(C)c1[c]nccc1C(C)C. The van der Waals surface area contributed by atoms with E-state index in [1.807, 2.05) is 6.20 Å². The van der Waals surface area contributed by atoms with Crippen LogP contribution in [0.3, 0.4) is 0 Å². The third-order valence-electron chi connectivity index (χ3n) is 2.02. The van der Waals surface area contributed by atoms with E-state index >= 15 is 0 Å². The Morgan fingerprint density at radius 1 is 1.17 bits per heavy atom. The summed E-state index contributed by atoms with van der Waals surface area (Å²) >= 11 is 0. The highest BCUT2D eigenvalue weighted by atomic mass is 14.6. The van der Waals surface area contributed by atoms with E-state index in [1.165, 1.54) is 11.1 Å². The summed E-state index contributed by atoms with van der Waals surface area (Å²) in [4.78, 5) is 4.02. The quantitative estimate of drug-likeness (QED) is 0.651. The van der Waals surface area contributed by atoms with Gasteiger partial charge >= 0.3 is 0 Å². The van der Waals surface area contributed by atoms with Crippen LogP contribution < -0.4 is 0 Å². The van der Waals surface area contributed by atoms with E-state index < -0.39 is 0 Å². The molecule has 0 amide bonds. The van der Waals surface area contributed by atoms with Gasteiger partial charge < -0.3 is 0 Å². The van der Waals surface area contributed by atoms with Gasteiger partial charge in [0.2, 0.25) is 0 Å². The van der Waals surface area contributed by atoms with E-state index in [-0.39, 0.29) is 0 Å². The molecule has 12 heavy (non-hydrogen) atoms. The van der Waals surface area contributed by atoms with Crippen molar-refractivity contribution in [3.63, 3.8) is 0 Å². The third kappa shape index (κ3) is 1.84. The Kier molecular flexibility index (Phi) is 2.85. The van der Waals surface area contributed by atoms with Crippen molar-refractivity contribution in [3.8, 4) is 0 Å². The minimum Gasteiger partial charge on any atom is -0.254 e. The molecule has 65 valence electrons. The van der Waals surface area contributed by atoms with Crippen LogP contribution in [0, 0.1) is 6.20 Å². The first-order valence-electron chi connectivity index (χ1n) is 4.49. The van der Waals surface area contributed by atoms with Gasteiger partial charge in [-0.1, -0.05) is 27.7 Å². The number of rotatable bonds is 2. The highest BCUT2D eigenvalue weighted by molar-refractivity contribution is 5.27. The molecule has 0 unspecified atom stereocenters. The summed E-state index contributed by atoms with van der Waals surface area (Å²) in [5, 5.41) is 0. The molecule has 0 aliphatic rings. The first-order valence-corrected chi connectivity index (χ1v) is 4.49. The lowest BCUT2D eigenvalue weighted by Crippen LogP contribution is -1.99. The minimum absolute atomic E-state index is 0.524. The van der Waals surface area contributed by atoms with Gasteiger partial charge in [0, 0.05) is 6.20 Å². The maximum absolute atomic E-state index is 4.02. The lowest BCUT2D eigenvalue weighted by atomic mass is 9.93. The van der Waals surface area contributed by atoms with E-state index in [9.17, 15) is 0 Å². The van der Waals surface area contributed by atoms with Gasteiger partial charge in [0.05, 0.1) is 6.20 Å². The molecule has 1 aromatic heterocycles. The molecule has 0 fully saturated rings. The van der Waals surface area contributed by atoms with Crippen LogP contribution in [0.15, 0.2) is 12.3 Å². The van der Waals surface area contributed by atoms with Gasteiger partial charge in [-0.3, -0.25) is 4.98 Å². The Balaban J connectivity index is 3.09. The number of aromatic nitrogens is 1. The van der Waals surface area contributed by atoms with Crippen molar-refractivity contribution in [1.29, 1.82) is 0 Å². The Morgan fingerprint density at radius 3 is 2.25 bits per heavy atom. The maximum atomic E-state index is 4.02. The van der Waals surface area contributed by atoms with Gasteiger partial charge in [0.15, 0.2) is 0 Å². The molecule has 1 radical (unpaired) electrons. The van der Waals surface area contributed by atoms with E-state index in [2.05, 4.69) is 44.9 Å². The summed E-state index contributed by atoms with van der Waals surface area (Å²) in [6, 6.07) is 2.09. The molecule has 0 aromatic carbocycles. The number of hydrogen-bond acceptors (Lipinski definition) is 1. The fourth-order valence-corrected chi connectivity index (χ4v) is 1.34. The fourth-order valence-electron chi connectivity index (χ4n) is 1.34. The average molecular weight is 162 g/mol. The Hall–Kier alpha value is -0.850. The highest BCUT2D eigenvalue weighted by Crippen LogP contribution is 2.23. The molecule has 0 saturated carbocycles. The summed E-state index contributed by atoms with van der Waals surface area (Å²) in [7, 11) is 0. The van der Waals surface area contributed by atoms with E-state index in [4.69, 9.17) is 0 Å². The summed E-state index contributed by atoms with van der Waals surface area (Å²) in [5.74, 6) is 1.10. The maximum Gasteiger partial charge on any atom is 0.0926 e. The molecular formula is C11H16N. The zero-order valence-corrected chi connectivity index (χ0v) is 8.26. The fraction of sp³-hybridized carbons (Fsp3) is 0.545. The van der Waals surface area contributed by atoms with Gasteiger partial charge in [-0.2, -0.15) is 0 Å². The van der Waals surface area contributed by atoms with Crippen LogP contribution in [0.4, 0.5) is 0 Å². The van der Waals surface area contributed by atoms with Crippen molar-refractivity contribution in [2.45, 2.75) is 39.5 Å². The molecule has 0 saturated heterocycles. The standard InChI is InChI=1S/C11H16N/c1-8(2)10-5-6-12-7-11(10)9(3)4/h5-6,8-9H,1-4H3. The molecule has 1 aromatic rings. The minimum atomic E-state index is 0.524. The Labute approximate surface area is 74.8 Å². The summed E-state index contributed by atoms with van der Waals surface area (Å²) in [5.41, 5.74) is 2.63. The molecule has 1 rings (SSSR count). The van der Waals surface area contributed by atoms with Gasteiger partial charge in [-0.15, -0.1) is 0 Å². The molecule has 0 N–H and O–H groups in total.